The van der Waals surface area contributed by atoms with Crippen LogP contribution in [0.3, 0.4) is 0 Å². The molecular weight excluding hydrogens is 789 g/mol. The molecule has 2 saturated carbocycles. The highest BCUT2D eigenvalue weighted by Gasteiger charge is 2.29. The van der Waals surface area contributed by atoms with Gasteiger partial charge in [0.1, 0.15) is 11.6 Å². The number of hydrogen-bond donors (Lipinski definition) is 0. The van der Waals surface area contributed by atoms with Gasteiger partial charge < -0.3 is 0 Å². The van der Waals surface area contributed by atoms with Crippen LogP contribution < -0.4 is 0 Å². The van der Waals surface area contributed by atoms with E-state index in [9.17, 15) is 0 Å². The van der Waals surface area contributed by atoms with Crippen molar-refractivity contribution in [1.29, 1.82) is 0 Å². The normalized spacial score (nSPS) is 17.3. The highest BCUT2D eigenvalue weighted by molar-refractivity contribution is 5.72. The second-order valence-corrected chi connectivity index (χ2v) is 20.4. The van der Waals surface area contributed by atoms with Gasteiger partial charge in [-0.15, -0.1) is 0 Å². The van der Waals surface area contributed by atoms with Crippen molar-refractivity contribution in [2.45, 2.75) is 143 Å². The predicted octanol–water partition coefficient (Wildman–Crippen LogP) is 17.2. The number of benzene rings is 5. The number of rotatable bonds is 12. The lowest BCUT2D eigenvalue weighted by Gasteiger charge is -2.32. The molecule has 7 aromatic rings. The molecule has 0 unspecified atom stereocenters. The molecule has 4 heteroatoms. The Morgan fingerprint density at radius 1 is 0.508 bits per heavy atom. The Morgan fingerprint density at radius 3 is 1.62 bits per heavy atom. The van der Waals surface area contributed by atoms with Crippen molar-refractivity contribution >= 4 is 0 Å². The molecule has 2 aromatic heterocycles. The predicted molar refractivity (Wildman–Crippen MR) is 276 cm³/mol. The molecule has 0 saturated heterocycles. The standard InChI is InChI=1S/C34H38N2.C27H36N2/c1-25-17-19-28(20-18-25)32-24-30(26-11-5-2-6-12-26)23-31(27-13-7-3-8-14-27)33(32)36-22-21-35-34(36)29-15-9-4-10-16-29;1-18(2)21(7)17-22-11-8-9-12-25(22)27-28-15-16-29(27)26-23(19(3)4)13-10-14-24(26)20(5)6/h2,4-6,9-12,15-16,21-25,27-28H,3,7-8,13-14,17-20H2,1H3;8-16,18-21H,17H2,1-7H3/t;21-/m.1/s1. The number of hydrogen-bond acceptors (Lipinski definition) is 2. The molecule has 4 nitrogen and oxygen atoms in total. The highest BCUT2D eigenvalue weighted by Crippen LogP contribution is 2.46. The smallest absolute Gasteiger partial charge is 0.144 e. The van der Waals surface area contributed by atoms with Gasteiger partial charge in [0.15, 0.2) is 0 Å². The van der Waals surface area contributed by atoms with Crippen molar-refractivity contribution in [2.24, 2.45) is 17.8 Å². The first kappa shape index (κ1) is 46.1. The van der Waals surface area contributed by atoms with Crippen molar-refractivity contribution in [3.63, 3.8) is 0 Å². The maximum absolute atomic E-state index is 4.89. The molecule has 2 aliphatic carbocycles. The second kappa shape index (κ2) is 21.2. The molecule has 9 rings (SSSR count). The van der Waals surface area contributed by atoms with Gasteiger partial charge in [0.25, 0.3) is 0 Å². The van der Waals surface area contributed by atoms with Crippen LogP contribution in [0.5, 0.6) is 0 Å². The van der Waals surface area contributed by atoms with Gasteiger partial charge in [0.2, 0.25) is 0 Å². The Morgan fingerprint density at radius 2 is 1.03 bits per heavy atom. The number of imidazole rings is 2. The molecule has 0 bridgehead atoms. The third-order valence-corrected chi connectivity index (χ3v) is 14.9. The molecule has 338 valence electrons. The molecule has 0 aliphatic heterocycles. The van der Waals surface area contributed by atoms with Crippen LogP contribution in [0.2, 0.25) is 0 Å². The van der Waals surface area contributed by atoms with Gasteiger partial charge in [-0.25, -0.2) is 9.97 Å². The summed E-state index contributed by atoms with van der Waals surface area (Å²) in [5.74, 6) is 6.37. The third-order valence-electron chi connectivity index (χ3n) is 14.9. The van der Waals surface area contributed by atoms with Crippen molar-refractivity contribution in [3.8, 4) is 45.3 Å². The Labute approximate surface area is 391 Å². The van der Waals surface area contributed by atoms with E-state index in [1.54, 1.807) is 11.1 Å². The van der Waals surface area contributed by atoms with Crippen LogP contribution in [0.15, 0.2) is 140 Å². The molecule has 2 aliphatic rings. The molecule has 2 heterocycles. The van der Waals surface area contributed by atoms with E-state index in [4.69, 9.17) is 9.97 Å². The van der Waals surface area contributed by atoms with E-state index in [2.05, 4.69) is 192 Å². The van der Waals surface area contributed by atoms with Crippen molar-refractivity contribution in [3.05, 3.63) is 168 Å². The zero-order valence-electron chi connectivity index (χ0n) is 40.7. The van der Waals surface area contributed by atoms with Crippen molar-refractivity contribution < 1.29 is 0 Å². The Kier molecular flexibility index (Phi) is 15.0. The number of aromatic nitrogens is 4. The first-order valence-corrected chi connectivity index (χ1v) is 25.2. The molecule has 1 atom stereocenters. The van der Waals surface area contributed by atoms with Gasteiger partial charge in [-0.05, 0) is 125 Å². The summed E-state index contributed by atoms with van der Waals surface area (Å²) in [5, 5.41) is 0. The summed E-state index contributed by atoms with van der Waals surface area (Å²) in [6, 6.07) is 42.3. The molecule has 2 fully saturated rings. The molecule has 0 radical (unpaired) electrons. The molecule has 0 N–H and O–H groups in total. The van der Waals surface area contributed by atoms with Crippen LogP contribution in [0.1, 0.15) is 165 Å². The van der Waals surface area contributed by atoms with E-state index in [1.807, 2.05) is 12.4 Å². The van der Waals surface area contributed by atoms with Crippen LogP contribution in [-0.4, -0.2) is 19.1 Å². The lowest BCUT2D eigenvalue weighted by atomic mass is 9.75. The summed E-state index contributed by atoms with van der Waals surface area (Å²) in [4.78, 5) is 9.73. The van der Waals surface area contributed by atoms with E-state index < -0.39 is 0 Å². The minimum absolute atomic E-state index is 0.454. The maximum Gasteiger partial charge on any atom is 0.144 e. The summed E-state index contributed by atoms with van der Waals surface area (Å²) in [6.45, 7) is 18.5. The van der Waals surface area contributed by atoms with E-state index in [0.29, 0.717) is 35.5 Å². The van der Waals surface area contributed by atoms with Crippen LogP contribution in [0.4, 0.5) is 0 Å². The van der Waals surface area contributed by atoms with Gasteiger partial charge in [-0.1, -0.05) is 191 Å². The monoisotopic (exact) mass is 863 g/mol. The summed E-state index contributed by atoms with van der Waals surface area (Å²) >= 11 is 0. The third kappa shape index (κ3) is 10.5. The lowest BCUT2D eigenvalue weighted by molar-refractivity contribution is 0.347. The number of nitrogens with zero attached hydrogens (tertiary/aromatic N) is 4. The zero-order chi connectivity index (χ0) is 45.5. The minimum atomic E-state index is 0.454. The fourth-order valence-corrected chi connectivity index (χ4v) is 10.6. The maximum atomic E-state index is 4.89. The average molecular weight is 863 g/mol. The molecule has 5 aromatic carbocycles. The van der Waals surface area contributed by atoms with Crippen molar-refractivity contribution in [2.75, 3.05) is 0 Å². The highest BCUT2D eigenvalue weighted by atomic mass is 15.1. The minimum Gasteiger partial charge on any atom is -0.299 e. The SMILES string of the molecule is CC(C)c1cccc(C(C)C)c1-n1ccnc1-c1ccccc1C[C@@H](C)C(C)C.CC1CCC(c2cc(-c3ccccc3)cc(C3CCCCC3)c2-n2ccnc2-c2ccccc2)CC1. The summed E-state index contributed by atoms with van der Waals surface area (Å²) < 4.78 is 4.75. The van der Waals surface area contributed by atoms with Gasteiger partial charge in [0.05, 0.1) is 11.4 Å². The van der Waals surface area contributed by atoms with Gasteiger partial charge >= 0.3 is 0 Å². The quantitative estimate of drug-likeness (QED) is 0.123. The Hall–Kier alpha value is -5.48. The summed E-state index contributed by atoms with van der Waals surface area (Å²) in [6.07, 6.45) is 21.2. The van der Waals surface area contributed by atoms with Gasteiger partial charge in [0, 0.05) is 35.9 Å². The first-order chi connectivity index (χ1) is 31.6. The molecule has 65 heavy (non-hydrogen) atoms. The number of para-hydroxylation sites is 1. The van der Waals surface area contributed by atoms with Crippen LogP contribution >= 0.6 is 0 Å². The van der Waals surface area contributed by atoms with E-state index in [-0.39, 0.29) is 0 Å². The largest absolute Gasteiger partial charge is 0.299 e. The Balaban J connectivity index is 0.000000182. The first-order valence-electron chi connectivity index (χ1n) is 25.2. The summed E-state index contributed by atoms with van der Waals surface area (Å²) in [7, 11) is 0. The average Bonchev–Trinajstić information content (AvgIpc) is 4.03. The molecule has 0 spiro atoms. The topological polar surface area (TPSA) is 35.6 Å². The second-order valence-electron chi connectivity index (χ2n) is 20.4. The molecular formula is C61H74N4. The van der Waals surface area contributed by atoms with Gasteiger partial charge in [-0.2, -0.15) is 0 Å². The van der Waals surface area contributed by atoms with Crippen LogP contribution in [0.25, 0.3) is 45.3 Å². The van der Waals surface area contributed by atoms with Crippen molar-refractivity contribution in [1.82, 2.24) is 19.1 Å². The summed E-state index contributed by atoms with van der Waals surface area (Å²) in [5.41, 5.74) is 15.1. The fourth-order valence-electron chi connectivity index (χ4n) is 10.6. The van der Waals surface area contributed by atoms with E-state index in [0.717, 1.165) is 24.0 Å². The van der Waals surface area contributed by atoms with Crippen LogP contribution in [0, 0.1) is 17.8 Å². The zero-order valence-corrected chi connectivity index (χ0v) is 40.7. The Bertz CT molecular complexity index is 2550. The van der Waals surface area contributed by atoms with E-state index >= 15 is 0 Å². The lowest BCUT2D eigenvalue weighted by Crippen LogP contribution is -2.17. The molecule has 0 amide bonds. The van der Waals surface area contributed by atoms with Gasteiger partial charge in [-0.3, -0.25) is 9.13 Å². The van der Waals surface area contributed by atoms with E-state index in [1.165, 1.54) is 108 Å². The van der Waals surface area contributed by atoms with Crippen LogP contribution in [-0.2, 0) is 6.42 Å². The fraction of sp³-hybridized carbons (Fsp3) is 0.410.